The Morgan fingerprint density at radius 1 is 1.46 bits per heavy atom. The summed E-state index contributed by atoms with van der Waals surface area (Å²) in [5.74, 6) is -0.107. The number of rotatable bonds is 1. The topological polar surface area (TPSA) is 65.8 Å². The first-order valence-electron chi connectivity index (χ1n) is 3.10. The summed E-state index contributed by atoms with van der Waals surface area (Å²) < 4.78 is 0.792. The molecule has 67 valence electrons. The minimum Gasteiger partial charge on any atom is -2.00 e. The molecule has 0 spiro atoms. The van der Waals surface area contributed by atoms with E-state index in [1.165, 1.54) is 13.0 Å². The van der Waals surface area contributed by atoms with Crippen LogP contribution in [-0.2, 0) is 24.0 Å². The van der Waals surface area contributed by atoms with Crippen molar-refractivity contribution < 1.29 is 33.9 Å². The van der Waals surface area contributed by atoms with Gasteiger partial charge in [-0.05, 0) is 25.1 Å². The quantitative estimate of drug-likeness (QED) is 0.803. The van der Waals surface area contributed by atoms with Crippen molar-refractivity contribution in [1.29, 1.82) is 0 Å². The van der Waals surface area contributed by atoms with Crippen LogP contribution in [0.3, 0.4) is 0 Å². The molecule has 0 aliphatic heterocycles. The van der Waals surface area contributed by atoms with Crippen LogP contribution in [0.1, 0.15) is 17.3 Å². The zero-order chi connectivity index (χ0) is 8.43. The standard InChI is InChI=1S/C8H7BrO2.O.V/c1-5(10)7-4-6(9)2-3-8(7)11;;/h2-4,11H,1H3;;/q;-2;+4. The normalized spacial score (nSPS) is 8.15. The summed E-state index contributed by atoms with van der Waals surface area (Å²) in [4.78, 5) is 10.8. The van der Waals surface area contributed by atoms with Crippen LogP contribution < -0.4 is 0 Å². The average molecular weight is 282 g/mol. The maximum atomic E-state index is 10.8. The third-order valence-electron chi connectivity index (χ3n) is 1.34. The number of hydrogen-bond donors (Lipinski definition) is 1. The van der Waals surface area contributed by atoms with Gasteiger partial charge in [0.15, 0.2) is 5.78 Å². The van der Waals surface area contributed by atoms with E-state index in [1.54, 1.807) is 12.1 Å². The first kappa shape index (κ1) is 15.2. The maximum absolute atomic E-state index is 10.8. The molecule has 13 heavy (non-hydrogen) atoms. The van der Waals surface area contributed by atoms with Crippen LogP contribution >= 0.6 is 15.9 Å². The smallest absolute Gasteiger partial charge is 2.00 e. The summed E-state index contributed by atoms with van der Waals surface area (Å²) in [7, 11) is 0. The number of hydrogen-bond acceptors (Lipinski definition) is 2. The van der Waals surface area contributed by atoms with E-state index in [-0.39, 0.29) is 35.6 Å². The van der Waals surface area contributed by atoms with Crippen molar-refractivity contribution in [3.05, 3.63) is 28.2 Å². The molecule has 3 nitrogen and oxygen atoms in total. The zero-order valence-corrected chi connectivity index (χ0v) is 9.80. The summed E-state index contributed by atoms with van der Waals surface area (Å²) in [6.45, 7) is 1.42. The summed E-state index contributed by atoms with van der Waals surface area (Å²) in [5, 5.41) is 9.16. The second-order valence-corrected chi connectivity index (χ2v) is 3.13. The Kier molecular flexibility index (Phi) is 7.26. The summed E-state index contributed by atoms with van der Waals surface area (Å²) >= 11 is 3.20. The first-order chi connectivity index (χ1) is 5.11. The van der Waals surface area contributed by atoms with E-state index in [1.807, 2.05) is 0 Å². The molecule has 1 N–H and O–H groups in total. The van der Waals surface area contributed by atoms with Crippen LogP contribution in [0.4, 0.5) is 0 Å². The largest absolute Gasteiger partial charge is 4.00 e. The molecular formula is C8H7BrO3V+2. The van der Waals surface area contributed by atoms with E-state index in [9.17, 15) is 4.79 Å². The van der Waals surface area contributed by atoms with E-state index in [0.717, 1.165) is 4.47 Å². The van der Waals surface area contributed by atoms with Gasteiger partial charge in [0.2, 0.25) is 0 Å². The molecule has 0 heterocycles. The Morgan fingerprint density at radius 3 is 2.38 bits per heavy atom. The van der Waals surface area contributed by atoms with E-state index in [0.29, 0.717) is 5.56 Å². The van der Waals surface area contributed by atoms with Gasteiger partial charge in [-0.15, -0.1) is 0 Å². The number of phenols is 1. The van der Waals surface area contributed by atoms with Gasteiger partial charge in [-0.1, -0.05) is 15.9 Å². The second-order valence-electron chi connectivity index (χ2n) is 2.22. The van der Waals surface area contributed by atoms with Gasteiger partial charge in [0, 0.05) is 4.47 Å². The van der Waals surface area contributed by atoms with Gasteiger partial charge in [-0.3, -0.25) is 4.79 Å². The molecule has 0 atom stereocenters. The molecule has 0 unspecified atom stereocenters. The van der Waals surface area contributed by atoms with Gasteiger partial charge in [0.05, 0.1) is 5.56 Å². The molecule has 0 saturated carbocycles. The predicted molar refractivity (Wildman–Crippen MR) is 46.5 cm³/mol. The molecule has 1 rings (SSSR count). The SMILES string of the molecule is CC(=O)c1cc(Br)ccc1O.[O-2].[V+4]. The predicted octanol–water partition coefficient (Wildman–Crippen LogP) is 2.24. The fourth-order valence-corrected chi connectivity index (χ4v) is 1.15. The van der Waals surface area contributed by atoms with Crippen molar-refractivity contribution >= 4 is 21.7 Å². The third-order valence-corrected chi connectivity index (χ3v) is 1.83. The van der Waals surface area contributed by atoms with Crippen LogP contribution in [0, 0.1) is 0 Å². The Morgan fingerprint density at radius 2 is 2.00 bits per heavy atom. The van der Waals surface area contributed by atoms with Crippen LogP contribution in [0.15, 0.2) is 22.7 Å². The van der Waals surface area contributed by atoms with Gasteiger partial charge in [0.1, 0.15) is 5.75 Å². The number of carbonyl (C=O) groups is 1. The van der Waals surface area contributed by atoms with Crippen molar-refractivity contribution in [2.75, 3.05) is 0 Å². The number of Topliss-reactive ketones (excluding diaryl/α,β-unsaturated/α-hetero) is 1. The van der Waals surface area contributed by atoms with Crippen molar-refractivity contribution in [3.63, 3.8) is 0 Å². The van der Waals surface area contributed by atoms with Gasteiger partial charge in [-0.25, -0.2) is 0 Å². The minimum absolute atomic E-state index is 0. The summed E-state index contributed by atoms with van der Waals surface area (Å²) in [6.07, 6.45) is 0. The Labute approximate surface area is 96.5 Å². The monoisotopic (exact) mass is 281 g/mol. The Bertz CT molecular complexity index is 301. The zero-order valence-electron chi connectivity index (χ0n) is 6.82. The van der Waals surface area contributed by atoms with E-state index in [4.69, 9.17) is 5.11 Å². The molecule has 1 aromatic carbocycles. The molecule has 0 fully saturated rings. The molecule has 1 radical (unpaired) electrons. The number of aromatic hydroxyl groups is 1. The van der Waals surface area contributed by atoms with Crippen molar-refractivity contribution in [2.45, 2.75) is 6.92 Å². The van der Waals surface area contributed by atoms with Crippen LogP contribution in [0.2, 0.25) is 0 Å². The molecule has 0 aliphatic carbocycles. The van der Waals surface area contributed by atoms with Gasteiger partial charge >= 0.3 is 18.6 Å². The number of benzene rings is 1. The second kappa shape index (κ2) is 6.21. The molecule has 0 amide bonds. The Balaban J connectivity index is 0. The molecule has 5 heteroatoms. The fourth-order valence-electron chi connectivity index (χ4n) is 0.790. The van der Waals surface area contributed by atoms with Crippen LogP contribution in [-0.4, -0.2) is 10.9 Å². The number of ketones is 1. The summed E-state index contributed by atoms with van der Waals surface area (Å²) in [6, 6.07) is 4.76. The van der Waals surface area contributed by atoms with Crippen molar-refractivity contribution in [3.8, 4) is 5.75 Å². The maximum Gasteiger partial charge on any atom is 4.00 e. The summed E-state index contributed by atoms with van der Waals surface area (Å²) in [5.41, 5.74) is 0.347. The molecular weight excluding hydrogens is 275 g/mol. The van der Waals surface area contributed by atoms with Crippen LogP contribution in [0.5, 0.6) is 5.75 Å². The molecule has 1 aromatic rings. The van der Waals surface area contributed by atoms with Crippen molar-refractivity contribution in [1.82, 2.24) is 0 Å². The van der Waals surface area contributed by atoms with E-state index < -0.39 is 0 Å². The third kappa shape index (κ3) is 3.96. The molecule has 0 aliphatic rings. The van der Waals surface area contributed by atoms with Gasteiger partial charge in [-0.2, -0.15) is 0 Å². The van der Waals surface area contributed by atoms with Crippen LogP contribution in [0.25, 0.3) is 0 Å². The van der Waals surface area contributed by atoms with E-state index in [2.05, 4.69) is 15.9 Å². The molecule has 0 saturated heterocycles. The van der Waals surface area contributed by atoms with Crippen molar-refractivity contribution in [2.24, 2.45) is 0 Å². The fraction of sp³-hybridized carbons (Fsp3) is 0.125. The minimum atomic E-state index is -0.135. The number of phenolic OH excluding ortho intramolecular Hbond substituents is 1. The van der Waals surface area contributed by atoms with Gasteiger partial charge < -0.3 is 10.6 Å². The van der Waals surface area contributed by atoms with Gasteiger partial charge in [0.25, 0.3) is 0 Å². The average Bonchev–Trinajstić information content (AvgIpc) is 1.94. The first-order valence-corrected chi connectivity index (χ1v) is 3.90. The number of halogens is 1. The molecule has 0 bridgehead atoms. The number of carbonyl (C=O) groups excluding carboxylic acids is 1. The Hall–Kier alpha value is -0.286. The molecule has 0 aromatic heterocycles. The van der Waals surface area contributed by atoms with E-state index >= 15 is 0 Å².